The van der Waals surface area contributed by atoms with Crippen molar-refractivity contribution in [3.63, 3.8) is 0 Å². The van der Waals surface area contributed by atoms with Gasteiger partial charge in [-0.05, 0) is 6.58 Å². The maximum Gasteiger partial charge on any atom is 0.559 e. The highest BCUT2D eigenvalue weighted by molar-refractivity contribution is 7.81. The van der Waals surface area contributed by atoms with Crippen LogP contribution in [-0.2, 0) is 25.3 Å². The molecule has 0 aromatic heterocycles. The second-order valence-electron chi connectivity index (χ2n) is 2.37. The molecule has 0 aromatic carbocycles. The Labute approximate surface area is 128 Å². The van der Waals surface area contributed by atoms with Gasteiger partial charge in [0.25, 0.3) is 6.08 Å². The van der Waals surface area contributed by atoms with Crippen molar-refractivity contribution in [2.75, 3.05) is 0 Å². The van der Waals surface area contributed by atoms with E-state index in [4.69, 9.17) is 12.6 Å². The van der Waals surface area contributed by atoms with E-state index < -0.39 is 45.6 Å². The summed E-state index contributed by atoms with van der Waals surface area (Å²) < 4.78 is 152. The standard InChI is InChI=1S/C3H2F4O3S.C2H2F2.CF4.O3S/c1-2(4)3(5,6)10-11(7,8)9;1-2(3)4;2-1(3,4)5;1-4(2)3/h1H2;1H2;;. The van der Waals surface area contributed by atoms with E-state index in [-0.39, 0.29) is 0 Å². The van der Waals surface area contributed by atoms with E-state index in [1.165, 1.54) is 0 Å². The molecule has 0 rings (SSSR count). The molecule has 0 amide bonds. The third-order valence-corrected chi connectivity index (χ3v) is 0.928. The summed E-state index contributed by atoms with van der Waals surface area (Å²) in [5, 5.41) is 0. The second-order valence-corrected chi connectivity index (χ2v) is 3.73. The maximum atomic E-state index is 11.7. The van der Waals surface area contributed by atoms with E-state index in [0.717, 1.165) is 0 Å². The quantitative estimate of drug-likeness (QED) is 0.509. The minimum Gasteiger partial charge on any atom is -0.203 e. The summed E-state index contributed by atoms with van der Waals surface area (Å²) in [5.74, 6) is -2.39. The lowest BCUT2D eigenvalue weighted by Gasteiger charge is -2.08. The Morgan fingerprint density at radius 2 is 1.04 bits per heavy atom. The fourth-order valence-electron chi connectivity index (χ4n) is 0.170. The zero-order valence-corrected chi connectivity index (χ0v) is 12.1. The molecule has 0 aliphatic rings. The van der Waals surface area contributed by atoms with Crippen LogP contribution in [-0.4, -0.2) is 33.6 Å². The zero-order valence-electron chi connectivity index (χ0n) is 10.5. The van der Waals surface area contributed by atoms with Crippen molar-refractivity contribution in [3.05, 3.63) is 25.1 Å². The highest BCUT2D eigenvalue weighted by Crippen LogP contribution is 2.27. The van der Waals surface area contributed by atoms with Gasteiger partial charge in [0, 0.05) is 0 Å². The molecule has 0 aliphatic heterocycles. The van der Waals surface area contributed by atoms with Gasteiger partial charge in [0.15, 0.2) is 5.83 Å². The lowest BCUT2D eigenvalue weighted by molar-refractivity contribution is -0.237. The largest absolute Gasteiger partial charge is 0.559 e. The highest BCUT2D eigenvalue weighted by Gasteiger charge is 2.41. The van der Waals surface area contributed by atoms with E-state index in [0.29, 0.717) is 0 Å². The van der Waals surface area contributed by atoms with E-state index in [2.05, 4.69) is 10.8 Å². The van der Waals surface area contributed by atoms with Crippen LogP contribution in [0.25, 0.3) is 0 Å². The predicted molar refractivity (Wildman–Crippen MR) is 54.5 cm³/mol. The van der Waals surface area contributed by atoms with Crippen LogP contribution in [0.2, 0.25) is 0 Å². The normalized spacial score (nSPS) is 10.6. The van der Waals surface area contributed by atoms with Crippen LogP contribution in [0, 0.1) is 0 Å². The second kappa shape index (κ2) is 12.7. The Hall–Kier alpha value is -1.69. The molecule has 146 valence electrons. The van der Waals surface area contributed by atoms with Gasteiger partial charge >= 0.3 is 33.7 Å². The molecule has 0 saturated carbocycles. The molecule has 0 bridgehead atoms. The van der Waals surface area contributed by atoms with Crippen molar-refractivity contribution in [1.29, 1.82) is 0 Å². The monoisotopic (exact) mass is 426 g/mol. The number of alkyl halides is 6. The van der Waals surface area contributed by atoms with E-state index >= 15 is 0 Å². The summed E-state index contributed by atoms with van der Waals surface area (Å²) >= 11 is 0. The molecule has 0 radical (unpaired) electrons. The molecule has 0 aromatic rings. The molecular formula is C6H4F10O6S2. The molecule has 0 atom stereocenters. The number of halogens is 10. The van der Waals surface area contributed by atoms with Crippen molar-refractivity contribution < 1.29 is 68.6 Å². The first kappa shape index (κ1) is 30.2. The summed E-state index contributed by atoms with van der Waals surface area (Å²) in [6, 6.07) is 0. The van der Waals surface area contributed by atoms with Gasteiger partial charge in [0.05, 0.1) is 0 Å². The Kier molecular flexibility index (Phi) is 16.0. The molecule has 24 heavy (non-hydrogen) atoms. The van der Waals surface area contributed by atoms with Crippen LogP contribution in [0.15, 0.2) is 25.1 Å². The first-order chi connectivity index (χ1) is 10.1. The topological polar surface area (TPSA) is 94.6 Å². The summed E-state index contributed by atoms with van der Waals surface area (Å²) in [6.45, 7) is 4.26. The SMILES string of the molecule is C=C(F)C(F)(F)OS(=O)(=O)F.C=C(F)F.FC(F)(F)F.O=S(=O)=O. The molecule has 0 fully saturated rings. The van der Waals surface area contributed by atoms with Gasteiger partial charge in [0.2, 0.25) is 0 Å². The molecule has 0 heterocycles. The third kappa shape index (κ3) is 71.2. The molecular weight excluding hydrogens is 422 g/mol. The van der Waals surface area contributed by atoms with Crippen LogP contribution in [0.3, 0.4) is 0 Å². The summed E-state index contributed by atoms with van der Waals surface area (Å²) in [7, 11) is -8.99. The van der Waals surface area contributed by atoms with Crippen LogP contribution in [0.1, 0.15) is 0 Å². The van der Waals surface area contributed by atoms with Gasteiger partial charge in [-0.2, -0.15) is 30.2 Å². The first-order valence-corrected chi connectivity index (χ1v) is 6.32. The molecule has 18 heteroatoms. The fraction of sp³-hybridized carbons (Fsp3) is 0.333. The van der Waals surface area contributed by atoms with E-state index in [9.17, 15) is 51.8 Å². The van der Waals surface area contributed by atoms with Crippen LogP contribution in [0.4, 0.5) is 43.4 Å². The van der Waals surface area contributed by atoms with Crippen molar-refractivity contribution in [2.24, 2.45) is 0 Å². The molecule has 0 N–H and O–H groups in total. The molecule has 0 aliphatic carbocycles. The van der Waals surface area contributed by atoms with Crippen molar-refractivity contribution in [2.45, 2.75) is 12.5 Å². The van der Waals surface area contributed by atoms with Crippen LogP contribution < -0.4 is 0 Å². The van der Waals surface area contributed by atoms with Crippen LogP contribution in [0.5, 0.6) is 0 Å². The van der Waals surface area contributed by atoms with Gasteiger partial charge < -0.3 is 0 Å². The predicted octanol–water partition coefficient (Wildman–Crippen LogP) is 3.16. The van der Waals surface area contributed by atoms with Gasteiger partial charge in [-0.15, -0.1) is 30.2 Å². The maximum absolute atomic E-state index is 11.7. The third-order valence-electron chi connectivity index (χ3n) is 0.520. The average Bonchev–Trinajstić information content (AvgIpc) is 2.07. The molecule has 6 nitrogen and oxygen atoms in total. The zero-order chi connectivity index (χ0) is 20.9. The van der Waals surface area contributed by atoms with Crippen molar-refractivity contribution in [3.8, 4) is 0 Å². The van der Waals surface area contributed by atoms with Gasteiger partial charge in [0.1, 0.15) is 0 Å². The average molecular weight is 426 g/mol. The van der Waals surface area contributed by atoms with Crippen molar-refractivity contribution in [1.82, 2.24) is 0 Å². The lowest BCUT2D eigenvalue weighted by Crippen LogP contribution is -2.23. The van der Waals surface area contributed by atoms with Crippen LogP contribution >= 0.6 is 0 Å². The summed E-state index contributed by atoms with van der Waals surface area (Å²) in [5.41, 5.74) is 0. The number of rotatable bonds is 3. The first-order valence-electron chi connectivity index (χ1n) is 4.02. The summed E-state index contributed by atoms with van der Waals surface area (Å²) in [4.78, 5) is 0. The smallest absolute Gasteiger partial charge is 0.203 e. The van der Waals surface area contributed by atoms with E-state index in [1.54, 1.807) is 0 Å². The minimum atomic E-state index is -5.88. The van der Waals surface area contributed by atoms with Crippen molar-refractivity contribution >= 4 is 21.1 Å². The Morgan fingerprint density at radius 1 is 0.875 bits per heavy atom. The van der Waals surface area contributed by atoms with Gasteiger partial charge in [-0.1, -0.05) is 10.5 Å². The lowest BCUT2D eigenvalue weighted by atomic mass is 10.6. The van der Waals surface area contributed by atoms with E-state index in [1.807, 2.05) is 6.58 Å². The van der Waals surface area contributed by atoms with Gasteiger partial charge in [-0.3, -0.25) is 0 Å². The Bertz CT molecular complexity index is 574. The Morgan fingerprint density at radius 3 is 1.08 bits per heavy atom. The highest BCUT2D eigenvalue weighted by atomic mass is 32.3. The minimum absolute atomic E-state index is 1.83. The summed E-state index contributed by atoms with van der Waals surface area (Å²) in [6.07, 6.45) is -12.2. The number of hydrogen-bond donors (Lipinski definition) is 0. The molecule has 0 spiro atoms. The van der Waals surface area contributed by atoms with Gasteiger partial charge in [-0.25, -0.2) is 4.39 Å². The molecule has 0 saturated heterocycles. The molecule has 0 unspecified atom stereocenters. The number of hydrogen-bond acceptors (Lipinski definition) is 6. The fourth-order valence-corrected chi connectivity index (χ4v) is 0.511. The Balaban J connectivity index is -0.000000128.